The molecule has 1 aliphatic rings. The molecular formula is C31H30N8O3. The largest absolute Gasteiger partial charge is 0.497 e. The van der Waals surface area contributed by atoms with Crippen LogP contribution in [0.15, 0.2) is 89.8 Å². The third-order valence-corrected chi connectivity index (χ3v) is 6.87. The van der Waals surface area contributed by atoms with Crippen LogP contribution < -0.4 is 31.6 Å². The number of nitrogens with two attached hydrogens (primary N) is 2. The number of carbonyl (C=O) groups excluding carboxylic acids is 1. The van der Waals surface area contributed by atoms with E-state index in [1.807, 2.05) is 62.4 Å². The number of fused-ring (bicyclic) bond motifs is 1. The zero-order valence-electron chi connectivity index (χ0n) is 23.3. The number of aliphatic imine (C=N–C) groups is 1. The molecule has 0 saturated heterocycles. The Bertz CT molecular complexity index is 1780. The molecule has 0 saturated carbocycles. The van der Waals surface area contributed by atoms with E-state index in [4.69, 9.17) is 20.9 Å². The fraction of sp³-hybridized carbons (Fsp3) is 0.161. The molecule has 2 unspecified atom stereocenters. The number of carbonyl (C=O) groups is 1. The molecule has 0 fully saturated rings. The van der Waals surface area contributed by atoms with Crippen molar-refractivity contribution in [1.29, 1.82) is 5.26 Å². The van der Waals surface area contributed by atoms with Crippen molar-refractivity contribution in [3.63, 3.8) is 0 Å². The van der Waals surface area contributed by atoms with E-state index in [-0.39, 0.29) is 17.8 Å². The molecule has 1 aliphatic carbocycles. The topological polar surface area (TPSA) is 165 Å². The zero-order chi connectivity index (χ0) is 29.8. The Morgan fingerprint density at radius 3 is 2.60 bits per heavy atom. The summed E-state index contributed by atoms with van der Waals surface area (Å²) in [5, 5.41) is 20.6. The summed E-state index contributed by atoms with van der Waals surface area (Å²) >= 11 is 0. The van der Waals surface area contributed by atoms with Gasteiger partial charge >= 0.3 is 0 Å². The molecule has 5 rings (SSSR count). The number of methoxy groups -OCH3 is 1. The normalized spacial score (nSPS) is 15.8. The summed E-state index contributed by atoms with van der Waals surface area (Å²) in [7, 11) is 1.60. The van der Waals surface area contributed by atoms with Gasteiger partial charge in [-0.25, -0.2) is 9.51 Å². The van der Waals surface area contributed by atoms with Gasteiger partial charge in [-0.05, 0) is 55.3 Å². The van der Waals surface area contributed by atoms with Crippen molar-refractivity contribution in [3.8, 4) is 23.3 Å². The van der Waals surface area contributed by atoms with Gasteiger partial charge in [0, 0.05) is 17.3 Å². The summed E-state index contributed by atoms with van der Waals surface area (Å²) < 4.78 is 12.8. The van der Waals surface area contributed by atoms with Crippen LogP contribution in [0.4, 0.5) is 17.1 Å². The van der Waals surface area contributed by atoms with Crippen LogP contribution in [-0.2, 0) is 4.79 Å². The molecule has 4 aromatic rings. The summed E-state index contributed by atoms with van der Waals surface area (Å²) in [6.07, 6.45) is 8.58. The first-order valence-corrected chi connectivity index (χ1v) is 13.2. The van der Waals surface area contributed by atoms with E-state index in [0.29, 0.717) is 45.4 Å². The molecule has 0 bridgehead atoms. The highest BCUT2D eigenvalue weighted by Gasteiger charge is 2.26. The van der Waals surface area contributed by atoms with Gasteiger partial charge in [-0.15, -0.1) is 0 Å². The van der Waals surface area contributed by atoms with E-state index in [1.54, 1.807) is 36.0 Å². The lowest BCUT2D eigenvalue weighted by molar-refractivity contribution is -0.119. The van der Waals surface area contributed by atoms with Gasteiger partial charge in [0.2, 0.25) is 5.91 Å². The van der Waals surface area contributed by atoms with E-state index in [0.717, 1.165) is 11.3 Å². The quantitative estimate of drug-likeness (QED) is 0.172. The monoisotopic (exact) mass is 562 g/mol. The number of amides is 1. The predicted molar refractivity (Wildman–Crippen MR) is 162 cm³/mol. The fourth-order valence-electron chi connectivity index (χ4n) is 4.75. The van der Waals surface area contributed by atoms with Crippen molar-refractivity contribution in [2.75, 3.05) is 17.7 Å². The number of guanidine groups is 1. The van der Waals surface area contributed by atoms with Crippen LogP contribution >= 0.6 is 0 Å². The summed E-state index contributed by atoms with van der Waals surface area (Å²) in [6, 6.07) is 16.9. The molecule has 0 spiro atoms. The van der Waals surface area contributed by atoms with Gasteiger partial charge in [0.25, 0.3) is 0 Å². The zero-order valence-corrected chi connectivity index (χ0v) is 23.3. The Morgan fingerprint density at radius 2 is 1.90 bits per heavy atom. The van der Waals surface area contributed by atoms with Crippen molar-refractivity contribution in [1.82, 2.24) is 9.61 Å². The molecule has 2 atom stereocenters. The van der Waals surface area contributed by atoms with E-state index >= 15 is 0 Å². The molecule has 11 heteroatoms. The van der Waals surface area contributed by atoms with Crippen molar-refractivity contribution in [2.45, 2.75) is 13.8 Å². The molecular weight excluding hydrogens is 532 g/mol. The van der Waals surface area contributed by atoms with Gasteiger partial charge in [-0.3, -0.25) is 4.79 Å². The van der Waals surface area contributed by atoms with Crippen LogP contribution in [0.2, 0.25) is 0 Å². The van der Waals surface area contributed by atoms with Crippen LogP contribution in [0, 0.1) is 30.1 Å². The highest BCUT2D eigenvalue weighted by Crippen LogP contribution is 2.34. The number of hydrogen-bond donors (Lipinski definition) is 4. The maximum Gasteiger partial charge on any atom is 0.231 e. The second-order valence-corrected chi connectivity index (χ2v) is 9.80. The van der Waals surface area contributed by atoms with Gasteiger partial charge in [0.05, 0.1) is 53.6 Å². The van der Waals surface area contributed by atoms with E-state index in [9.17, 15) is 10.1 Å². The Kier molecular flexibility index (Phi) is 7.79. The second kappa shape index (κ2) is 11.8. The minimum absolute atomic E-state index is 0.0386. The Morgan fingerprint density at radius 1 is 1.14 bits per heavy atom. The second-order valence-electron chi connectivity index (χ2n) is 9.80. The maximum atomic E-state index is 13.2. The molecule has 6 N–H and O–H groups in total. The summed E-state index contributed by atoms with van der Waals surface area (Å²) in [5.74, 6) is 1.24. The first kappa shape index (κ1) is 27.8. The summed E-state index contributed by atoms with van der Waals surface area (Å²) in [5.41, 5.74) is 15.3. The van der Waals surface area contributed by atoms with Crippen LogP contribution in [0.3, 0.4) is 0 Å². The minimum Gasteiger partial charge on any atom is -0.497 e. The van der Waals surface area contributed by atoms with Crippen LogP contribution in [-0.4, -0.2) is 28.6 Å². The Labute approximate surface area is 242 Å². The van der Waals surface area contributed by atoms with Crippen molar-refractivity contribution < 1.29 is 14.3 Å². The third kappa shape index (κ3) is 5.88. The highest BCUT2D eigenvalue weighted by molar-refractivity contribution is 5.98. The Balaban J connectivity index is 1.37. The number of allylic oxidation sites excluding steroid dienone is 2. The lowest BCUT2D eigenvalue weighted by Gasteiger charge is -2.21. The van der Waals surface area contributed by atoms with Crippen LogP contribution in [0.1, 0.15) is 18.1 Å². The standard InChI is InChI=1S/C31H30N8O3/c1-18-13-22(37-31(33)34)9-12-26(18)30(40)38-27-17-39-29(19(27)2)28(20(15-32)16-35-39)36-21-7-10-23(11-8-21)42-25-6-4-5-24(14-25)41-3/h4-14,16-18,26,36H,1-3H3,(H,38,40)(H4,33,34,37). The molecule has 212 valence electrons. The number of hydrogen-bond acceptors (Lipinski definition) is 7. The van der Waals surface area contributed by atoms with Crippen molar-refractivity contribution in [2.24, 2.45) is 28.3 Å². The smallest absolute Gasteiger partial charge is 0.231 e. The van der Waals surface area contributed by atoms with Crippen LogP contribution in [0.5, 0.6) is 17.2 Å². The average Bonchev–Trinajstić information content (AvgIpc) is 3.29. The molecule has 2 heterocycles. The van der Waals surface area contributed by atoms with E-state index in [2.05, 4.69) is 26.8 Å². The van der Waals surface area contributed by atoms with Gasteiger partial charge in [-0.1, -0.05) is 25.1 Å². The SMILES string of the molecule is COc1cccc(Oc2ccc(Nc3c(C#N)cnn4cc(NC(=O)C5C=CC(N=C(N)N)=CC5C)c(C)c34)cc2)c1. The molecule has 2 aromatic heterocycles. The number of rotatable bonds is 8. The predicted octanol–water partition coefficient (Wildman–Crippen LogP) is 4.98. The molecule has 0 aliphatic heterocycles. The maximum absolute atomic E-state index is 13.2. The molecule has 11 nitrogen and oxygen atoms in total. The van der Waals surface area contributed by atoms with Gasteiger partial charge in [0.15, 0.2) is 5.96 Å². The number of nitriles is 1. The summed E-state index contributed by atoms with van der Waals surface area (Å²) in [4.78, 5) is 17.3. The molecule has 1 amide bonds. The third-order valence-electron chi connectivity index (χ3n) is 6.87. The van der Waals surface area contributed by atoms with Gasteiger partial charge in [0.1, 0.15) is 23.3 Å². The van der Waals surface area contributed by atoms with Gasteiger partial charge in [-0.2, -0.15) is 10.4 Å². The fourth-order valence-corrected chi connectivity index (χ4v) is 4.75. The van der Waals surface area contributed by atoms with Gasteiger partial charge < -0.3 is 31.6 Å². The Hall–Kier alpha value is -5.76. The lowest BCUT2D eigenvalue weighted by Crippen LogP contribution is -2.28. The van der Waals surface area contributed by atoms with Crippen LogP contribution in [0.25, 0.3) is 5.52 Å². The minimum atomic E-state index is -0.414. The number of aromatic nitrogens is 2. The molecule has 42 heavy (non-hydrogen) atoms. The van der Waals surface area contributed by atoms with Crippen molar-refractivity contribution >= 4 is 34.4 Å². The number of ether oxygens (including phenoxy) is 2. The molecule has 0 radical (unpaired) electrons. The highest BCUT2D eigenvalue weighted by atomic mass is 16.5. The number of nitrogens with one attached hydrogen (secondary N) is 2. The number of anilines is 3. The van der Waals surface area contributed by atoms with Crippen molar-refractivity contribution in [3.05, 3.63) is 96.0 Å². The first-order chi connectivity index (χ1) is 20.2. The van der Waals surface area contributed by atoms with E-state index < -0.39 is 5.92 Å². The number of aryl methyl sites for hydroxylation is 1. The number of nitrogens with zero attached hydrogens (tertiary/aromatic N) is 4. The number of benzene rings is 2. The summed E-state index contributed by atoms with van der Waals surface area (Å²) in [6.45, 7) is 3.80. The van der Waals surface area contributed by atoms with E-state index in [1.165, 1.54) is 6.20 Å². The lowest BCUT2D eigenvalue weighted by atomic mass is 9.88. The molecule has 2 aromatic carbocycles. The average molecular weight is 563 g/mol. The first-order valence-electron chi connectivity index (χ1n) is 13.2.